The van der Waals surface area contributed by atoms with Gasteiger partial charge in [0.25, 0.3) is 0 Å². The quantitative estimate of drug-likeness (QED) is 0.432. The van der Waals surface area contributed by atoms with Crippen LogP contribution in [0.4, 0.5) is 5.69 Å². The molecule has 2 aromatic carbocycles. The van der Waals surface area contributed by atoms with Crippen LogP contribution < -0.4 is 5.43 Å². The molecule has 70 valence electrons. The molecule has 0 unspecified atom stereocenters. The first-order chi connectivity index (χ1) is 6.83. The lowest BCUT2D eigenvalue weighted by Crippen LogP contribution is -1.87. The van der Waals surface area contributed by atoms with E-state index >= 15 is 0 Å². The zero-order chi connectivity index (χ0) is 9.97. The van der Waals surface area contributed by atoms with Crippen LogP contribution in [0.1, 0.15) is 0 Å². The minimum Gasteiger partial charge on any atom is -0.507 e. The molecular formula is C10H8N2O2. The molecule has 2 N–H and O–H groups in total. The van der Waals surface area contributed by atoms with E-state index in [9.17, 15) is 10.0 Å². The van der Waals surface area contributed by atoms with Crippen molar-refractivity contribution in [1.82, 2.24) is 0 Å². The van der Waals surface area contributed by atoms with Crippen LogP contribution in [0, 0.1) is 4.91 Å². The number of hydrogen-bond acceptors (Lipinski definition) is 3. The highest BCUT2D eigenvalue weighted by Gasteiger charge is 2.03. The van der Waals surface area contributed by atoms with Gasteiger partial charge in [0, 0.05) is 10.8 Å². The van der Waals surface area contributed by atoms with E-state index in [-0.39, 0.29) is 5.75 Å². The fourth-order valence-corrected chi connectivity index (χ4v) is 1.43. The maximum absolute atomic E-state index is 10.1. The summed E-state index contributed by atoms with van der Waals surface area (Å²) in [6, 6.07) is 10.4. The number of hydrogen-bond donors (Lipinski definition) is 2. The average molecular weight is 188 g/mol. The first-order valence-electron chi connectivity index (χ1n) is 4.12. The van der Waals surface area contributed by atoms with Gasteiger partial charge in [-0.2, -0.15) is 0 Å². The summed E-state index contributed by atoms with van der Waals surface area (Å²) in [5, 5.41) is 13.6. The monoisotopic (exact) mass is 188 g/mol. The second kappa shape index (κ2) is 3.33. The van der Waals surface area contributed by atoms with Gasteiger partial charge in [0.05, 0.1) is 11.0 Å². The summed E-state index contributed by atoms with van der Waals surface area (Å²) in [6.45, 7) is 0. The predicted octanol–water partition coefficient (Wildman–Crippen LogP) is 2.64. The lowest BCUT2D eigenvalue weighted by atomic mass is 10.1. The highest BCUT2D eigenvalue weighted by atomic mass is 16.3. The topological polar surface area (TPSA) is 61.7 Å². The van der Waals surface area contributed by atoms with Crippen LogP contribution >= 0.6 is 0 Å². The summed E-state index contributed by atoms with van der Waals surface area (Å²) in [5.41, 5.74) is 2.93. The van der Waals surface area contributed by atoms with E-state index in [0.717, 1.165) is 5.39 Å². The van der Waals surface area contributed by atoms with Gasteiger partial charge in [-0.1, -0.05) is 24.3 Å². The number of fused-ring (bicyclic) bond motifs is 1. The molecule has 14 heavy (non-hydrogen) atoms. The average Bonchev–Trinajstić information content (AvgIpc) is 2.23. The number of rotatable bonds is 2. The molecular weight excluding hydrogens is 180 g/mol. The fraction of sp³-hybridized carbons (Fsp3) is 0. The zero-order valence-electron chi connectivity index (χ0n) is 7.27. The summed E-state index contributed by atoms with van der Waals surface area (Å²) in [4.78, 5) is 10.1. The molecule has 0 amide bonds. The zero-order valence-corrected chi connectivity index (χ0v) is 7.27. The molecule has 0 radical (unpaired) electrons. The summed E-state index contributed by atoms with van der Waals surface area (Å²) in [6.07, 6.45) is 0. The molecule has 0 aromatic heterocycles. The SMILES string of the molecule is O=NNc1ccc(O)c2ccccc12. The Morgan fingerprint density at radius 2 is 1.79 bits per heavy atom. The summed E-state index contributed by atoms with van der Waals surface area (Å²) >= 11 is 0. The van der Waals surface area contributed by atoms with Crippen LogP contribution in [0.25, 0.3) is 10.8 Å². The number of nitrogens with zero attached hydrogens (tertiary/aromatic N) is 1. The van der Waals surface area contributed by atoms with Crippen LogP contribution in [0.15, 0.2) is 41.7 Å². The Morgan fingerprint density at radius 1 is 1.07 bits per heavy atom. The third-order valence-corrected chi connectivity index (χ3v) is 2.07. The van der Waals surface area contributed by atoms with Crippen molar-refractivity contribution in [1.29, 1.82) is 0 Å². The minimum atomic E-state index is 0.192. The van der Waals surface area contributed by atoms with Gasteiger partial charge in [0.2, 0.25) is 0 Å². The number of benzene rings is 2. The third-order valence-electron chi connectivity index (χ3n) is 2.07. The normalized spacial score (nSPS) is 10.0. The molecule has 0 aliphatic carbocycles. The number of phenols is 1. The second-order valence-corrected chi connectivity index (χ2v) is 2.88. The molecule has 0 bridgehead atoms. The summed E-state index contributed by atoms with van der Waals surface area (Å²) in [7, 11) is 0. The molecule has 0 saturated carbocycles. The molecule has 2 aromatic rings. The van der Waals surface area contributed by atoms with E-state index in [0.29, 0.717) is 11.1 Å². The Balaban J connectivity index is 2.74. The largest absolute Gasteiger partial charge is 0.507 e. The molecule has 0 aliphatic heterocycles. The van der Waals surface area contributed by atoms with Gasteiger partial charge in [-0.3, -0.25) is 0 Å². The molecule has 4 nitrogen and oxygen atoms in total. The van der Waals surface area contributed by atoms with Crippen molar-refractivity contribution in [2.45, 2.75) is 0 Å². The van der Waals surface area contributed by atoms with Gasteiger partial charge >= 0.3 is 0 Å². The molecule has 0 aliphatic rings. The number of nitrogens with one attached hydrogen (secondary N) is 1. The fourth-order valence-electron chi connectivity index (χ4n) is 1.43. The van der Waals surface area contributed by atoms with Gasteiger partial charge in [-0.25, -0.2) is 5.43 Å². The maximum atomic E-state index is 10.1. The lowest BCUT2D eigenvalue weighted by molar-refractivity contribution is 0.481. The van der Waals surface area contributed by atoms with Crippen LogP contribution in [0.3, 0.4) is 0 Å². The summed E-state index contributed by atoms with van der Waals surface area (Å²) in [5.74, 6) is 0.192. The van der Waals surface area contributed by atoms with Crippen molar-refractivity contribution < 1.29 is 5.11 Å². The maximum Gasteiger partial charge on any atom is 0.123 e. The molecule has 4 heteroatoms. The van der Waals surface area contributed by atoms with Crippen molar-refractivity contribution in [2.24, 2.45) is 5.29 Å². The Kier molecular flexibility index (Phi) is 2.02. The van der Waals surface area contributed by atoms with Crippen LogP contribution in [-0.2, 0) is 0 Å². The van der Waals surface area contributed by atoms with Gasteiger partial charge in [0.15, 0.2) is 0 Å². The number of anilines is 1. The van der Waals surface area contributed by atoms with Crippen LogP contribution in [0.2, 0.25) is 0 Å². The first-order valence-corrected chi connectivity index (χ1v) is 4.12. The van der Waals surface area contributed by atoms with Crippen molar-refractivity contribution in [3.8, 4) is 5.75 Å². The molecule has 2 rings (SSSR count). The lowest BCUT2D eigenvalue weighted by Gasteiger charge is -2.04. The predicted molar refractivity (Wildman–Crippen MR) is 55.0 cm³/mol. The van der Waals surface area contributed by atoms with Crippen molar-refractivity contribution in [3.05, 3.63) is 41.3 Å². The van der Waals surface area contributed by atoms with E-state index in [4.69, 9.17) is 0 Å². The Morgan fingerprint density at radius 3 is 2.50 bits per heavy atom. The minimum absolute atomic E-state index is 0.192. The number of phenolic OH excluding ortho intramolecular Hbond substituents is 1. The van der Waals surface area contributed by atoms with Gasteiger partial charge in [-0.15, -0.1) is 4.91 Å². The number of aromatic hydroxyl groups is 1. The standard InChI is InChI=1S/C10H8N2O2/c13-10-6-5-9(11-12-14)7-3-1-2-4-8(7)10/h1-6,13H,(H,11,14). The highest BCUT2D eigenvalue weighted by molar-refractivity contribution is 5.97. The summed E-state index contributed by atoms with van der Waals surface area (Å²) < 4.78 is 0. The van der Waals surface area contributed by atoms with Gasteiger partial charge in [-0.05, 0) is 12.1 Å². The molecule has 0 atom stereocenters. The first kappa shape index (κ1) is 8.50. The van der Waals surface area contributed by atoms with Crippen LogP contribution in [0.5, 0.6) is 5.75 Å². The molecule has 0 fully saturated rings. The van der Waals surface area contributed by atoms with Crippen molar-refractivity contribution in [2.75, 3.05) is 5.43 Å². The molecule has 0 heterocycles. The van der Waals surface area contributed by atoms with E-state index < -0.39 is 0 Å². The Bertz CT molecular complexity index is 483. The van der Waals surface area contributed by atoms with Gasteiger partial charge < -0.3 is 5.11 Å². The smallest absolute Gasteiger partial charge is 0.123 e. The van der Waals surface area contributed by atoms with Gasteiger partial charge in [0.1, 0.15) is 5.75 Å². The Hall–Kier alpha value is -2.10. The van der Waals surface area contributed by atoms with E-state index in [1.807, 2.05) is 18.2 Å². The van der Waals surface area contributed by atoms with E-state index in [2.05, 4.69) is 10.7 Å². The van der Waals surface area contributed by atoms with Crippen molar-refractivity contribution >= 4 is 16.5 Å². The molecule has 0 spiro atoms. The highest BCUT2D eigenvalue weighted by Crippen LogP contribution is 2.30. The Labute approximate surface area is 80.1 Å². The third kappa shape index (κ3) is 1.26. The van der Waals surface area contributed by atoms with E-state index in [1.165, 1.54) is 6.07 Å². The van der Waals surface area contributed by atoms with E-state index in [1.54, 1.807) is 12.1 Å². The molecule has 0 saturated heterocycles. The second-order valence-electron chi connectivity index (χ2n) is 2.88. The van der Waals surface area contributed by atoms with Crippen molar-refractivity contribution in [3.63, 3.8) is 0 Å². The van der Waals surface area contributed by atoms with Crippen LogP contribution in [-0.4, -0.2) is 5.11 Å². The number of nitroso groups, excluding NO2 is 1.